The van der Waals surface area contributed by atoms with Crippen LogP contribution in [0.4, 0.5) is 5.69 Å². The number of nitrogens with zero attached hydrogens (tertiary/aromatic N) is 1. The zero-order chi connectivity index (χ0) is 16.9. The summed E-state index contributed by atoms with van der Waals surface area (Å²) in [5.74, 6) is 0.993. The molecule has 0 atom stereocenters. The molecule has 1 aliphatic rings. The van der Waals surface area contributed by atoms with Gasteiger partial charge in [0, 0.05) is 36.9 Å². The molecule has 0 bridgehead atoms. The van der Waals surface area contributed by atoms with E-state index in [1.54, 1.807) is 7.11 Å². The minimum Gasteiger partial charge on any atom is -0.496 e. The molecule has 0 saturated carbocycles. The van der Waals surface area contributed by atoms with Gasteiger partial charge in [0.15, 0.2) is 0 Å². The maximum Gasteiger partial charge on any atom is 0.123 e. The van der Waals surface area contributed by atoms with Crippen molar-refractivity contribution in [1.82, 2.24) is 4.90 Å². The van der Waals surface area contributed by atoms with Gasteiger partial charge in [0.05, 0.1) is 7.11 Å². The number of hydrogen-bond donors (Lipinski definition) is 1. The third kappa shape index (κ3) is 4.09. The largest absolute Gasteiger partial charge is 0.496 e. The quantitative estimate of drug-likeness (QED) is 0.883. The standard InChI is InChI=1S/C21H28N2O/c1-16-8-9-20(14-17(16)2)22-19-10-12-23(13-11-19)15-18-6-4-5-7-21(18)24-3/h4-9,14,19,22H,10-13,15H2,1-3H3. The Balaban J connectivity index is 1.53. The van der Waals surface area contributed by atoms with Gasteiger partial charge < -0.3 is 10.1 Å². The van der Waals surface area contributed by atoms with E-state index in [1.165, 1.54) is 35.2 Å². The molecular weight excluding hydrogens is 296 g/mol. The first-order valence-electron chi connectivity index (χ1n) is 8.84. The molecule has 0 unspecified atom stereocenters. The highest BCUT2D eigenvalue weighted by molar-refractivity contribution is 5.48. The van der Waals surface area contributed by atoms with Crippen LogP contribution in [0.2, 0.25) is 0 Å². The highest BCUT2D eigenvalue weighted by Gasteiger charge is 2.20. The monoisotopic (exact) mass is 324 g/mol. The molecule has 24 heavy (non-hydrogen) atoms. The molecule has 0 spiro atoms. The topological polar surface area (TPSA) is 24.5 Å². The van der Waals surface area contributed by atoms with E-state index in [2.05, 4.69) is 54.4 Å². The maximum absolute atomic E-state index is 5.47. The van der Waals surface area contributed by atoms with Crippen molar-refractivity contribution in [3.8, 4) is 5.75 Å². The van der Waals surface area contributed by atoms with Gasteiger partial charge in [-0.3, -0.25) is 4.90 Å². The third-order valence-electron chi connectivity index (χ3n) is 5.05. The first-order chi connectivity index (χ1) is 11.7. The molecule has 2 aromatic rings. The van der Waals surface area contributed by atoms with E-state index < -0.39 is 0 Å². The average molecular weight is 324 g/mol. The summed E-state index contributed by atoms with van der Waals surface area (Å²) in [6, 6.07) is 15.6. The second-order valence-corrected chi connectivity index (χ2v) is 6.81. The zero-order valence-electron chi connectivity index (χ0n) is 15.0. The zero-order valence-corrected chi connectivity index (χ0v) is 15.0. The molecule has 0 amide bonds. The number of aryl methyl sites for hydroxylation is 2. The van der Waals surface area contributed by atoms with Gasteiger partial charge in [-0.2, -0.15) is 0 Å². The average Bonchev–Trinajstić information content (AvgIpc) is 2.60. The summed E-state index contributed by atoms with van der Waals surface area (Å²) in [5.41, 5.74) is 5.24. The molecule has 1 N–H and O–H groups in total. The van der Waals surface area contributed by atoms with Crippen LogP contribution in [-0.4, -0.2) is 31.1 Å². The van der Waals surface area contributed by atoms with Crippen molar-refractivity contribution < 1.29 is 4.74 Å². The summed E-state index contributed by atoms with van der Waals surface area (Å²) >= 11 is 0. The summed E-state index contributed by atoms with van der Waals surface area (Å²) in [5, 5.41) is 3.70. The number of anilines is 1. The number of para-hydroxylation sites is 1. The second kappa shape index (κ2) is 7.71. The van der Waals surface area contributed by atoms with Gasteiger partial charge in [-0.15, -0.1) is 0 Å². The van der Waals surface area contributed by atoms with E-state index in [4.69, 9.17) is 4.74 Å². The Morgan fingerprint density at radius 3 is 2.50 bits per heavy atom. The van der Waals surface area contributed by atoms with Crippen molar-refractivity contribution in [2.75, 3.05) is 25.5 Å². The van der Waals surface area contributed by atoms with Crippen molar-refractivity contribution in [1.29, 1.82) is 0 Å². The molecule has 2 aromatic carbocycles. The molecule has 3 heteroatoms. The number of ether oxygens (including phenoxy) is 1. The summed E-state index contributed by atoms with van der Waals surface area (Å²) in [6.45, 7) is 7.56. The van der Waals surface area contributed by atoms with Gasteiger partial charge >= 0.3 is 0 Å². The van der Waals surface area contributed by atoms with Crippen LogP contribution in [0.25, 0.3) is 0 Å². The number of benzene rings is 2. The Bertz CT molecular complexity index is 675. The van der Waals surface area contributed by atoms with Gasteiger partial charge in [-0.25, -0.2) is 0 Å². The van der Waals surface area contributed by atoms with Crippen LogP contribution < -0.4 is 10.1 Å². The van der Waals surface area contributed by atoms with Gasteiger partial charge in [0.2, 0.25) is 0 Å². The molecule has 1 aliphatic heterocycles. The van der Waals surface area contributed by atoms with Gasteiger partial charge in [-0.05, 0) is 56.0 Å². The summed E-state index contributed by atoms with van der Waals surface area (Å²) in [7, 11) is 1.75. The lowest BCUT2D eigenvalue weighted by molar-refractivity contribution is 0.209. The smallest absolute Gasteiger partial charge is 0.123 e. The highest BCUT2D eigenvalue weighted by Crippen LogP contribution is 2.23. The summed E-state index contributed by atoms with van der Waals surface area (Å²) in [4.78, 5) is 2.52. The SMILES string of the molecule is COc1ccccc1CN1CCC(Nc2ccc(C)c(C)c2)CC1. The number of rotatable bonds is 5. The van der Waals surface area contributed by atoms with Crippen molar-refractivity contribution in [3.05, 3.63) is 59.2 Å². The lowest BCUT2D eigenvalue weighted by Crippen LogP contribution is -2.38. The fraction of sp³-hybridized carbons (Fsp3) is 0.429. The summed E-state index contributed by atoms with van der Waals surface area (Å²) < 4.78 is 5.47. The molecule has 0 aromatic heterocycles. The molecule has 3 nitrogen and oxygen atoms in total. The van der Waals surface area contributed by atoms with Crippen molar-refractivity contribution in [2.45, 2.75) is 39.3 Å². The predicted octanol–water partition coefficient (Wildman–Crippen LogP) is 4.39. The minimum absolute atomic E-state index is 0.570. The first kappa shape index (κ1) is 16.8. The third-order valence-corrected chi connectivity index (χ3v) is 5.05. The Morgan fingerprint density at radius 2 is 1.79 bits per heavy atom. The van der Waals surface area contributed by atoms with Crippen LogP contribution in [0.1, 0.15) is 29.5 Å². The highest BCUT2D eigenvalue weighted by atomic mass is 16.5. The van der Waals surface area contributed by atoms with Crippen molar-refractivity contribution in [2.24, 2.45) is 0 Å². The number of piperidine rings is 1. The molecule has 1 fully saturated rings. The van der Waals surface area contributed by atoms with E-state index in [1.807, 2.05) is 12.1 Å². The number of hydrogen-bond acceptors (Lipinski definition) is 3. The van der Waals surface area contributed by atoms with Gasteiger partial charge in [0.25, 0.3) is 0 Å². The Hall–Kier alpha value is -2.00. The first-order valence-corrected chi connectivity index (χ1v) is 8.84. The lowest BCUT2D eigenvalue weighted by atomic mass is 10.0. The predicted molar refractivity (Wildman–Crippen MR) is 101 cm³/mol. The maximum atomic E-state index is 5.47. The van der Waals surface area contributed by atoms with Gasteiger partial charge in [0.1, 0.15) is 5.75 Å². The Kier molecular flexibility index (Phi) is 5.41. The van der Waals surface area contributed by atoms with Crippen LogP contribution in [0.5, 0.6) is 5.75 Å². The van der Waals surface area contributed by atoms with E-state index in [-0.39, 0.29) is 0 Å². The molecule has 0 radical (unpaired) electrons. The number of likely N-dealkylation sites (tertiary alicyclic amines) is 1. The normalized spacial score (nSPS) is 16.1. The van der Waals surface area contributed by atoms with Gasteiger partial charge in [-0.1, -0.05) is 24.3 Å². The lowest BCUT2D eigenvalue weighted by Gasteiger charge is -2.33. The van der Waals surface area contributed by atoms with E-state index >= 15 is 0 Å². The Morgan fingerprint density at radius 1 is 1.04 bits per heavy atom. The van der Waals surface area contributed by atoms with E-state index in [0.29, 0.717) is 6.04 Å². The Labute approximate surface area is 145 Å². The number of nitrogens with one attached hydrogen (secondary N) is 1. The minimum atomic E-state index is 0.570. The molecule has 1 saturated heterocycles. The van der Waals surface area contributed by atoms with Crippen LogP contribution in [-0.2, 0) is 6.54 Å². The van der Waals surface area contributed by atoms with Crippen molar-refractivity contribution in [3.63, 3.8) is 0 Å². The van der Waals surface area contributed by atoms with Crippen LogP contribution in [0.3, 0.4) is 0 Å². The molecule has 128 valence electrons. The van der Waals surface area contributed by atoms with Crippen LogP contribution >= 0.6 is 0 Å². The van der Waals surface area contributed by atoms with E-state index in [0.717, 1.165) is 25.4 Å². The fourth-order valence-corrected chi connectivity index (χ4v) is 3.38. The van der Waals surface area contributed by atoms with E-state index in [9.17, 15) is 0 Å². The molecule has 0 aliphatic carbocycles. The number of methoxy groups -OCH3 is 1. The van der Waals surface area contributed by atoms with Crippen LogP contribution in [0, 0.1) is 13.8 Å². The second-order valence-electron chi connectivity index (χ2n) is 6.81. The summed E-state index contributed by atoms with van der Waals surface area (Å²) in [6.07, 6.45) is 2.37. The van der Waals surface area contributed by atoms with Crippen LogP contribution in [0.15, 0.2) is 42.5 Å². The fourth-order valence-electron chi connectivity index (χ4n) is 3.38. The molecule has 1 heterocycles. The molecular formula is C21H28N2O. The van der Waals surface area contributed by atoms with Crippen molar-refractivity contribution >= 4 is 5.69 Å². The molecule has 3 rings (SSSR count).